The lowest BCUT2D eigenvalue weighted by Gasteiger charge is -2.23. The molecular weight excluding hydrogens is 304 g/mol. The number of fused-ring (bicyclic) bond motifs is 2. The van der Waals surface area contributed by atoms with Crippen LogP contribution < -0.4 is 0 Å². The number of nitrogens with zero attached hydrogens (tertiary/aromatic N) is 2. The number of carbonyl (C=O) groups excluding carboxylic acids is 1. The number of rotatable bonds is 2. The monoisotopic (exact) mass is 320 g/mol. The highest BCUT2D eigenvalue weighted by molar-refractivity contribution is 7.19. The summed E-state index contributed by atoms with van der Waals surface area (Å²) in [7, 11) is 4.05. The molecule has 0 fully saturated rings. The van der Waals surface area contributed by atoms with Gasteiger partial charge in [0.25, 0.3) is 0 Å². The number of thiazole rings is 1. The van der Waals surface area contributed by atoms with Crippen molar-refractivity contribution in [3.8, 4) is 0 Å². The average molecular weight is 320 g/mol. The second kappa shape index (κ2) is 5.32. The fourth-order valence-electron chi connectivity index (χ4n) is 2.83. The summed E-state index contributed by atoms with van der Waals surface area (Å²) >= 11 is 1.57. The summed E-state index contributed by atoms with van der Waals surface area (Å²) in [5, 5.41) is 0.801. The average Bonchev–Trinajstić information content (AvgIpc) is 2.97. The number of hydrogen-bond donors (Lipinski definition) is 0. The normalized spacial score (nSPS) is 17.2. The molecule has 0 radical (unpaired) electrons. The lowest BCUT2D eigenvalue weighted by atomic mass is 9.89. The zero-order valence-corrected chi connectivity index (χ0v) is 13.9. The third-order valence-electron chi connectivity index (χ3n) is 4.14. The summed E-state index contributed by atoms with van der Waals surface area (Å²) in [6, 6.07) is 7.99. The van der Waals surface area contributed by atoms with E-state index in [0.29, 0.717) is 5.57 Å². The Morgan fingerprint density at radius 3 is 2.70 bits per heavy atom. The Morgan fingerprint density at radius 2 is 1.91 bits per heavy atom. The van der Waals surface area contributed by atoms with Crippen molar-refractivity contribution in [1.82, 2.24) is 9.88 Å². The first kappa shape index (κ1) is 14.2. The predicted octanol–water partition coefficient (Wildman–Crippen LogP) is 3.96. The largest absolute Gasteiger partial charge is 0.381 e. The van der Waals surface area contributed by atoms with Gasteiger partial charge in [-0.2, -0.15) is 0 Å². The third kappa shape index (κ3) is 2.45. The first-order valence-corrected chi connectivity index (χ1v) is 8.35. The van der Waals surface area contributed by atoms with Crippen molar-refractivity contribution in [3.05, 3.63) is 70.4 Å². The fourth-order valence-corrected chi connectivity index (χ4v) is 3.82. The quantitative estimate of drug-likeness (QED) is 0.839. The summed E-state index contributed by atoms with van der Waals surface area (Å²) in [5.41, 5.74) is 4.97. The van der Waals surface area contributed by atoms with Crippen LogP contribution in [0.5, 0.6) is 0 Å². The summed E-state index contributed by atoms with van der Waals surface area (Å²) in [5.74, 6) is 0.0347. The van der Waals surface area contributed by atoms with Gasteiger partial charge in [-0.05, 0) is 41.5 Å². The number of carbonyl (C=O) groups is 1. The molecule has 0 unspecified atom stereocenters. The van der Waals surface area contributed by atoms with Crippen molar-refractivity contribution in [2.24, 2.45) is 0 Å². The highest BCUT2D eigenvalue weighted by atomic mass is 32.1. The van der Waals surface area contributed by atoms with Crippen LogP contribution in [0.25, 0.3) is 15.8 Å². The van der Waals surface area contributed by atoms with E-state index < -0.39 is 0 Å². The minimum Gasteiger partial charge on any atom is -0.381 e. The van der Waals surface area contributed by atoms with Gasteiger partial charge < -0.3 is 4.90 Å². The zero-order valence-electron chi connectivity index (χ0n) is 13.0. The van der Waals surface area contributed by atoms with Gasteiger partial charge >= 0.3 is 0 Å². The van der Waals surface area contributed by atoms with E-state index >= 15 is 0 Å². The topological polar surface area (TPSA) is 33.2 Å². The maximum absolute atomic E-state index is 12.6. The Labute approximate surface area is 139 Å². The minimum atomic E-state index is 0.0347. The van der Waals surface area contributed by atoms with Crippen LogP contribution in [-0.2, 0) is 4.79 Å². The van der Waals surface area contributed by atoms with E-state index in [-0.39, 0.29) is 5.78 Å². The molecule has 2 aliphatic carbocycles. The molecule has 2 aliphatic rings. The molecule has 1 aromatic carbocycles. The molecule has 4 rings (SSSR count). The van der Waals surface area contributed by atoms with E-state index in [4.69, 9.17) is 0 Å². The van der Waals surface area contributed by atoms with Gasteiger partial charge in [-0.3, -0.25) is 4.79 Å². The van der Waals surface area contributed by atoms with E-state index in [1.54, 1.807) is 17.4 Å². The summed E-state index contributed by atoms with van der Waals surface area (Å²) in [6.07, 6.45) is 8.88. The molecule has 0 spiro atoms. The molecule has 0 saturated carbocycles. The molecule has 4 heteroatoms. The Hall–Kier alpha value is -2.46. The van der Waals surface area contributed by atoms with Gasteiger partial charge in [-0.25, -0.2) is 4.98 Å². The van der Waals surface area contributed by atoms with Crippen LogP contribution in [0.1, 0.15) is 11.4 Å². The first-order chi connectivity index (χ1) is 11.1. The van der Waals surface area contributed by atoms with Gasteiger partial charge in [0.1, 0.15) is 5.01 Å². The zero-order chi connectivity index (χ0) is 16.0. The van der Waals surface area contributed by atoms with Crippen molar-refractivity contribution in [2.45, 2.75) is 6.42 Å². The van der Waals surface area contributed by atoms with Crippen molar-refractivity contribution in [1.29, 1.82) is 0 Å². The van der Waals surface area contributed by atoms with Crippen molar-refractivity contribution in [3.63, 3.8) is 0 Å². The molecule has 1 heterocycles. The molecule has 0 saturated heterocycles. The van der Waals surface area contributed by atoms with Crippen LogP contribution in [-0.4, -0.2) is 29.8 Å². The number of benzene rings is 1. The lowest BCUT2D eigenvalue weighted by Crippen LogP contribution is -2.15. The van der Waals surface area contributed by atoms with Gasteiger partial charge in [0.2, 0.25) is 0 Å². The summed E-state index contributed by atoms with van der Waals surface area (Å²) < 4.78 is 1.11. The van der Waals surface area contributed by atoms with Crippen LogP contribution in [0.15, 0.2) is 65.4 Å². The van der Waals surface area contributed by atoms with E-state index in [0.717, 1.165) is 32.8 Å². The standard InChI is InChI=1S/C19H16N2OS/c1-21(2)14-8-7-12-10-15(17(22)11-13(12)9-14)19-20-16-5-3-4-6-18(16)23-19/h3-7,9-11H,8H2,1-2H3. The third-order valence-corrected chi connectivity index (χ3v) is 5.21. The molecule has 2 aromatic rings. The van der Waals surface area contributed by atoms with E-state index in [9.17, 15) is 4.79 Å². The fraction of sp³-hybridized carbons (Fsp3) is 0.158. The Balaban J connectivity index is 1.74. The van der Waals surface area contributed by atoms with Crippen molar-refractivity contribution >= 4 is 32.9 Å². The van der Waals surface area contributed by atoms with Crippen LogP contribution in [0.4, 0.5) is 0 Å². The molecule has 1 aromatic heterocycles. The SMILES string of the molecule is CN(C)C1=CC2=CC(=O)C(c3nc4ccccc4s3)=CC2=CC1. The van der Waals surface area contributed by atoms with Gasteiger partial charge in [-0.1, -0.05) is 18.2 Å². The maximum atomic E-state index is 12.6. The maximum Gasteiger partial charge on any atom is 0.189 e. The molecular formula is C19H16N2OS. The number of ketones is 1. The highest BCUT2D eigenvalue weighted by Crippen LogP contribution is 2.35. The summed E-state index contributed by atoms with van der Waals surface area (Å²) in [6.45, 7) is 0. The second-order valence-electron chi connectivity index (χ2n) is 5.90. The summed E-state index contributed by atoms with van der Waals surface area (Å²) in [4.78, 5) is 19.3. The van der Waals surface area contributed by atoms with Crippen molar-refractivity contribution in [2.75, 3.05) is 14.1 Å². The van der Waals surface area contributed by atoms with Crippen LogP contribution >= 0.6 is 11.3 Å². The molecule has 0 N–H and O–H groups in total. The van der Waals surface area contributed by atoms with Crippen LogP contribution in [0.3, 0.4) is 0 Å². The number of hydrogen-bond acceptors (Lipinski definition) is 4. The number of para-hydroxylation sites is 1. The van der Waals surface area contributed by atoms with E-state index in [1.165, 1.54) is 5.70 Å². The van der Waals surface area contributed by atoms with Gasteiger partial charge in [0.15, 0.2) is 5.78 Å². The first-order valence-electron chi connectivity index (χ1n) is 7.54. The van der Waals surface area contributed by atoms with Gasteiger partial charge in [0.05, 0.1) is 15.8 Å². The second-order valence-corrected chi connectivity index (χ2v) is 6.93. The van der Waals surface area contributed by atoms with Crippen molar-refractivity contribution < 1.29 is 4.79 Å². The van der Waals surface area contributed by atoms with Gasteiger partial charge in [-0.15, -0.1) is 11.3 Å². The molecule has 3 nitrogen and oxygen atoms in total. The number of allylic oxidation sites excluding steroid dienone is 7. The van der Waals surface area contributed by atoms with E-state index in [2.05, 4.69) is 22.0 Å². The Kier molecular flexibility index (Phi) is 3.27. The van der Waals surface area contributed by atoms with Crippen LogP contribution in [0.2, 0.25) is 0 Å². The Bertz CT molecular complexity index is 908. The predicted molar refractivity (Wildman–Crippen MR) is 95.2 cm³/mol. The smallest absolute Gasteiger partial charge is 0.189 e. The Morgan fingerprint density at radius 1 is 1.09 bits per heavy atom. The minimum absolute atomic E-state index is 0.0347. The molecule has 23 heavy (non-hydrogen) atoms. The molecule has 0 atom stereocenters. The molecule has 0 amide bonds. The number of aromatic nitrogens is 1. The lowest BCUT2D eigenvalue weighted by molar-refractivity contribution is -0.109. The van der Waals surface area contributed by atoms with Crippen LogP contribution in [0, 0.1) is 0 Å². The van der Waals surface area contributed by atoms with E-state index in [1.807, 2.05) is 44.4 Å². The van der Waals surface area contributed by atoms with Gasteiger partial charge in [0, 0.05) is 26.2 Å². The molecule has 0 aliphatic heterocycles. The molecule has 114 valence electrons. The molecule has 0 bridgehead atoms. The highest BCUT2D eigenvalue weighted by Gasteiger charge is 2.22.